The molecule has 0 aliphatic rings. The molecule has 2 aromatic rings. The Morgan fingerprint density at radius 2 is 1.58 bits per heavy atom. The summed E-state index contributed by atoms with van der Waals surface area (Å²) in [7, 11) is 0. The highest BCUT2D eigenvalue weighted by Gasteiger charge is 2.09. The van der Waals surface area contributed by atoms with E-state index < -0.39 is 12.1 Å². The average Bonchev–Trinajstić information content (AvgIpc) is 2.55. The molecule has 0 aliphatic heterocycles. The lowest BCUT2D eigenvalue weighted by Gasteiger charge is -2.07. The Kier molecular flexibility index (Phi) is 5.92. The molecule has 0 spiro atoms. The molecular weight excluding hydrogens is 334 g/mol. The molecule has 24 heavy (non-hydrogen) atoms. The van der Waals surface area contributed by atoms with E-state index >= 15 is 0 Å². The molecule has 7 heteroatoms. The molecule has 0 aromatic heterocycles. The standard InChI is InChI=1S/C17H14ClNO5/c18-12-3-7-14(8-4-12)24-17(23)19-13-5-1-11(2-6-13)15(20)9-10-16(21)22/h1-8H,9-10H2,(H,19,23)(H,21,22). The van der Waals surface area contributed by atoms with Gasteiger partial charge in [-0.2, -0.15) is 0 Å². The number of carboxylic acid groups (broad SMARTS) is 1. The minimum Gasteiger partial charge on any atom is -0.481 e. The van der Waals surface area contributed by atoms with Gasteiger partial charge in [0.05, 0.1) is 6.42 Å². The fourth-order valence-corrected chi connectivity index (χ4v) is 1.98. The largest absolute Gasteiger partial charge is 0.481 e. The SMILES string of the molecule is O=C(O)CCC(=O)c1ccc(NC(=O)Oc2ccc(Cl)cc2)cc1. The van der Waals surface area contributed by atoms with E-state index in [0.29, 0.717) is 22.0 Å². The molecule has 0 saturated carbocycles. The summed E-state index contributed by atoms with van der Waals surface area (Å²) in [5.41, 5.74) is 0.830. The molecule has 1 amide bonds. The number of carboxylic acids is 1. The number of carbonyl (C=O) groups is 3. The third kappa shape index (κ3) is 5.40. The van der Waals surface area contributed by atoms with E-state index in [1.54, 1.807) is 24.3 Å². The minimum atomic E-state index is -1.02. The molecule has 0 atom stereocenters. The number of hydrogen-bond acceptors (Lipinski definition) is 4. The maximum Gasteiger partial charge on any atom is 0.417 e. The number of nitrogens with one attached hydrogen (secondary N) is 1. The first kappa shape index (κ1) is 17.5. The number of halogens is 1. The van der Waals surface area contributed by atoms with Gasteiger partial charge in [0.25, 0.3) is 0 Å². The Hall–Kier alpha value is -2.86. The maximum absolute atomic E-state index is 11.8. The third-order valence-electron chi connectivity index (χ3n) is 3.04. The predicted molar refractivity (Wildman–Crippen MR) is 88.7 cm³/mol. The maximum atomic E-state index is 11.8. The van der Waals surface area contributed by atoms with Crippen LogP contribution in [0.15, 0.2) is 48.5 Å². The van der Waals surface area contributed by atoms with Crippen LogP contribution in [0.4, 0.5) is 10.5 Å². The quantitative estimate of drug-likeness (QED) is 0.770. The smallest absolute Gasteiger partial charge is 0.417 e. The molecule has 0 heterocycles. The van der Waals surface area contributed by atoms with Crippen molar-refractivity contribution >= 4 is 35.1 Å². The summed E-state index contributed by atoms with van der Waals surface area (Å²) < 4.78 is 5.08. The van der Waals surface area contributed by atoms with Crippen molar-refractivity contribution < 1.29 is 24.2 Å². The van der Waals surface area contributed by atoms with Crippen molar-refractivity contribution in [3.63, 3.8) is 0 Å². The van der Waals surface area contributed by atoms with Gasteiger partial charge >= 0.3 is 12.1 Å². The second-order valence-corrected chi connectivity index (χ2v) is 5.30. The van der Waals surface area contributed by atoms with Crippen LogP contribution in [-0.4, -0.2) is 23.0 Å². The number of Topliss-reactive ketones (excluding diaryl/α,β-unsaturated/α-hetero) is 1. The normalized spacial score (nSPS) is 10.0. The van der Waals surface area contributed by atoms with Crippen LogP contribution in [0.5, 0.6) is 5.75 Å². The number of hydrogen-bond donors (Lipinski definition) is 2. The molecule has 2 N–H and O–H groups in total. The number of benzene rings is 2. The van der Waals surface area contributed by atoms with E-state index in [1.165, 1.54) is 24.3 Å². The summed E-state index contributed by atoms with van der Waals surface area (Å²) in [6.45, 7) is 0. The highest BCUT2D eigenvalue weighted by molar-refractivity contribution is 6.30. The third-order valence-corrected chi connectivity index (χ3v) is 3.30. The van der Waals surface area contributed by atoms with E-state index in [9.17, 15) is 14.4 Å². The van der Waals surface area contributed by atoms with Gasteiger partial charge in [-0.3, -0.25) is 14.9 Å². The van der Waals surface area contributed by atoms with Gasteiger partial charge in [0, 0.05) is 22.7 Å². The van der Waals surface area contributed by atoms with Gasteiger partial charge in [0.1, 0.15) is 5.75 Å². The van der Waals surface area contributed by atoms with Crippen LogP contribution in [0.1, 0.15) is 23.2 Å². The molecule has 124 valence electrons. The van der Waals surface area contributed by atoms with Crippen molar-refractivity contribution in [2.75, 3.05) is 5.32 Å². The Bertz CT molecular complexity index is 741. The van der Waals surface area contributed by atoms with Gasteiger partial charge in [-0.05, 0) is 48.5 Å². The molecular formula is C17H14ClNO5. The lowest BCUT2D eigenvalue weighted by molar-refractivity contribution is -0.136. The number of amides is 1. The topological polar surface area (TPSA) is 92.7 Å². The summed E-state index contributed by atoms with van der Waals surface area (Å²) in [4.78, 5) is 34.0. The Labute approximate surface area is 143 Å². The molecule has 0 bridgehead atoms. The molecule has 6 nitrogen and oxygen atoms in total. The van der Waals surface area contributed by atoms with Crippen LogP contribution in [0.25, 0.3) is 0 Å². The number of anilines is 1. The number of ketones is 1. The number of ether oxygens (including phenoxy) is 1. The summed E-state index contributed by atoms with van der Waals surface area (Å²) in [5.74, 6) is -0.948. The Morgan fingerprint density at radius 1 is 0.958 bits per heavy atom. The summed E-state index contributed by atoms with van der Waals surface area (Å²) in [6, 6.07) is 12.4. The van der Waals surface area contributed by atoms with Gasteiger partial charge in [0.2, 0.25) is 0 Å². The zero-order valence-electron chi connectivity index (χ0n) is 12.5. The summed E-state index contributed by atoms with van der Waals surface area (Å²) in [5, 5.41) is 11.6. The van der Waals surface area contributed by atoms with Crippen molar-refractivity contribution in [1.29, 1.82) is 0 Å². The van der Waals surface area contributed by atoms with E-state index in [-0.39, 0.29) is 18.6 Å². The van der Waals surface area contributed by atoms with Crippen molar-refractivity contribution in [2.45, 2.75) is 12.8 Å². The van der Waals surface area contributed by atoms with Crippen molar-refractivity contribution in [2.24, 2.45) is 0 Å². The van der Waals surface area contributed by atoms with E-state index in [2.05, 4.69) is 5.32 Å². The molecule has 0 saturated heterocycles. The second-order valence-electron chi connectivity index (χ2n) is 4.86. The minimum absolute atomic E-state index is 0.0687. The van der Waals surface area contributed by atoms with Gasteiger partial charge in [-0.25, -0.2) is 4.79 Å². The van der Waals surface area contributed by atoms with Gasteiger partial charge < -0.3 is 9.84 Å². The lowest BCUT2D eigenvalue weighted by atomic mass is 10.1. The summed E-state index contributed by atoms with van der Waals surface area (Å²) in [6.07, 6.45) is -0.963. The van der Waals surface area contributed by atoms with Crippen molar-refractivity contribution in [3.05, 3.63) is 59.1 Å². The van der Waals surface area contributed by atoms with Crippen LogP contribution in [0, 0.1) is 0 Å². The second kappa shape index (κ2) is 8.12. The number of aliphatic carboxylic acids is 1. The zero-order chi connectivity index (χ0) is 17.5. The fourth-order valence-electron chi connectivity index (χ4n) is 1.86. The van der Waals surface area contributed by atoms with E-state index in [1.807, 2.05) is 0 Å². The highest BCUT2D eigenvalue weighted by atomic mass is 35.5. The number of rotatable bonds is 6. The van der Waals surface area contributed by atoms with Crippen molar-refractivity contribution in [1.82, 2.24) is 0 Å². The summed E-state index contributed by atoms with van der Waals surface area (Å²) >= 11 is 5.74. The Balaban J connectivity index is 1.91. The van der Waals surface area contributed by atoms with Crippen molar-refractivity contribution in [3.8, 4) is 5.75 Å². The molecule has 0 aliphatic carbocycles. The first-order valence-corrected chi connectivity index (χ1v) is 7.41. The molecule has 0 unspecified atom stereocenters. The molecule has 2 rings (SSSR count). The fraction of sp³-hybridized carbons (Fsp3) is 0.118. The first-order valence-electron chi connectivity index (χ1n) is 7.03. The van der Waals surface area contributed by atoms with E-state index in [0.717, 1.165) is 0 Å². The Morgan fingerprint density at radius 3 is 2.17 bits per heavy atom. The highest BCUT2D eigenvalue weighted by Crippen LogP contribution is 2.17. The van der Waals surface area contributed by atoms with Crippen LogP contribution < -0.4 is 10.1 Å². The average molecular weight is 348 g/mol. The molecule has 2 aromatic carbocycles. The van der Waals surface area contributed by atoms with Crippen LogP contribution in [0.2, 0.25) is 5.02 Å². The van der Waals surface area contributed by atoms with Gasteiger partial charge in [0.15, 0.2) is 5.78 Å². The first-order chi connectivity index (χ1) is 11.4. The van der Waals surface area contributed by atoms with Gasteiger partial charge in [-0.15, -0.1) is 0 Å². The molecule has 0 radical (unpaired) electrons. The van der Waals surface area contributed by atoms with Crippen LogP contribution in [0.3, 0.4) is 0 Å². The van der Waals surface area contributed by atoms with Gasteiger partial charge in [-0.1, -0.05) is 11.6 Å². The lowest BCUT2D eigenvalue weighted by Crippen LogP contribution is -2.16. The van der Waals surface area contributed by atoms with Crippen LogP contribution in [-0.2, 0) is 4.79 Å². The monoisotopic (exact) mass is 347 g/mol. The van der Waals surface area contributed by atoms with E-state index in [4.69, 9.17) is 21.4 Å². The molecule has 0 fully saturated rings. The van der Waals surface area contributed by atoms with Crippen LogP contribution >= 0.6 is 11.6 Å². The predicted octanol–water partition coefficient (Wildman–Crippen LogP) is 4.00. The number of carbonyl (C=O) groups excluding carboxylic acids is 2. The zero-order valence-corrected chi connectivity index (χ0v) is 13.2.